The molecule has 3 N–H and O–H groups in total. The average Bonchev–Trinajstić information content (AvgIpc) is 3.25. The van der Waals surface area contributed by atoms with Crippen molar-refractivity contribution < 1.29 is 14.0 Å². The number of rotatable bonds is 4. The first-order valence-electron chi connectivity index (χ1n) is 8.85. The van der Waals surface area contributed by atoms with Crippen molar-refractivity contribution in [3.63, 3.8) is 0 Å². The lowest BCUT2D eigenvalue weighted by atomic mass is 9.95. The molecule has 1 aromatic heterocycles. The molecule has 0 spiro atoms. The van der Waals surface area contributed by atoms with Crippen LogP contribution in [0.2, 0.25) is 5.02 Å². The van der Waals surface area contributed by atoms with Gasteiger partial charge in [-0.25, -0.2) is 0 Å². The van der Waals surface area contributed by atoms with Crippen molar-refractivity contribution in [3.05, 3.63) is 82.8 Å². The van der Waals surface area contributed by atoms with Crippen LogP contribution in [0.15, 0.2) is 65.3 Å². The minimum atomic E-state index is -0.416. The topological polar surface area (TPSA) is 83.4 Å². The van der Waals surface area contributed by atoms with Gasteiger partial charge in [-0.2, -0.15) is 0 Å². The van der Waals surface area contributed by atoms with E-state index in [1.165, 1.54) is 17.4 Å². The van der Waals surface area contributed by atoms with E-state index in [-0.39, 0.29) is 17.7 Å². The first kappa shape index (κ1) is 18.3. The molecule has 1 atom stereocenters. The smallest absolute Gasteiger partial charge is 0.291 e. The summed E-state index contributed by atoms with van der Waals surface area (Å²) in [6.45, 7) is 0.652. The normalized spacial score (nSPS) is 15.5. The Bertz CT molecular complexity index is 1020. The number of furan rings is 1. The van der Waals surface area contributed by atoms with Crippen molar-refractivity contribution in [2.45, 2.75) is 19.0 Å². The summed E-state index contributed by atoms with van der Waals surface area (Å²) in [5.74, 6) is -0.378. The van der Waals surface area contributed by atoms with Gasteiger partial charge in [0.25, 0.3) is 5.91 Å². The Labute approximate surface area is 166 Å². The lowest BCUT2D eigenvalue weighted by molar-refractivity contribution is -0.118. The fourth-order valence-corrected chi connectivity index (χ4v) is 3.32. The van der Waals surface area contributed by atoms with Crippen LogP contribution in [0.3, 0.4) is 0 Å². The summed E-state index contributed by atoms with van der Waals surface area (Å²) in [7, 11) is 0. The van der Waals surface area contributed by atoms with E-state index in [9.17, 15) is 9.59 Å². The molecule has 2 aromatic carbocycles. The predicted octanol–water partition coefficient (Wildman–Crippen LogP) is 3.84. The van der Waals surface area contributed by atoms with E-state index in [1.807, 2.05) is 18.2 Å². The highest BCUT2D eigenvalue weighted by molar-refractivity contribution is 6.34. The Balaban J connectivity index is 1.45. The molecule has 7 heteroatoms. The number of nitrogens with one attached hydrogen (secondary N) is 3. The Hall–Kier alpha value is -3.09. The van der Waals surface area contributed by atoms with Gasteiger partial charge in [-0.05, 0) is 47.9 Å². The molecule has 0 aliphatic carbocycles. The highest BCUT2D eigenvalue weighted by atomic mass is 35.5. The van der Waals surface area contributed by atoms with Crippen molar-refractivity contribution in [2.24, 2.45) is 0 Å². The first-order valence-corrected chi connectivity index (χ1v) is 9.23. The molecule has 4 rings (SSSR count). The van der Waals surface area contributed by atoms with Crippen molar-refractivity contribution in [1.29, 1.82) is 0 Å². The molecule has 6 nitrogen and oxygen atoms in total. The van der Waals surface area contributed by atoms with Crippen molar-refractivity contribution >= 4 is 34.8 Å². The van der Waals surface area contributed by atoms with Crippen LogP contribution in [0.1, 0.15) is 21.7 Å². The number of amides is 2. The SMILES string of the molecule is O=C(Nc1cc(NC(=O)C2Cc3ccccc3CN2)ccc1Cl)c1ccco1. The molecule has 2 amide bonds. The average molecular weight is 396 g/mol. The van der Waals surface area contributed by atoms with Crippen LogP contribution in [-0.2, 0) is 17.8 Å². The molecule has 3 aromatic rings. The molecule has 0 saturated carbocycles. The number of halogens is 1. The molecule has 0 radical (unpaired) electrons. The molecular formula is C21H18ClN3O3. The van der Waals surface area contributed by atoms with Crippen LogP contribution in [0.5, 0.6) is 0 Å². The third kappa shape index (κ3) is 3.93. The Morgan fingerprint density at radius 3 is 2.64 bits per heavy atom. The molecule has 0 fully saturated rings. The third-order valence-electron chi connectivity index (χ3n) is 4.62. The van der Waals surface area contributed by atoms with Gasteiger partial charge in [-0.1, -0.05) is 35.9 Å². The second-order valence-electron chi connectivity index (χ2n) is 6.52. The van der Waals surface area contributed by atoms with E-state index < -0.39 is 5.91 Å². The van der Waals surface area contributed by atoms with Gasteiger partial charge in [-0.3, -0.25) is 9.59 Å². The van der Waals surface area contributed by atoms with Crippen LogP contribution >= 0.6 is 11.6 Å². The van der Waals surface area contributed by atoms with Gasteiger partial charge in [-0.15, -0.1) is 0 Å². The predicted molar refractivity (Wildman–Crippen MR) is 108 cm³/mol. The van der Waals surface area contributed by atoms with Gasteiger partial charge in [0.1, 0.15) is 0 Å². The summed E-state index contributed by atoms with van der Waals surface area (Å²) in [4.78, 5) is 24.8. The van der Waals surface area contributed by atoms with Gasteiger partial charge in [0, 0.05) is 12.2 Å². The zero-order valence-corrected chi connectivity index (χ0v) is 15.6. The summed E-state index contributed by atoms with van der Waals surface area (Å²) in [5.41, 5.74) is 3.32. The zero-order chi connectivity index (χ0) is 19.5. The van der Waals surface area contributed by atoms with Crippen LogP contribution in [0.25, 0.3) is 0 Å². The first-order chi connectivity index (χ1) is 13.6. The quantitative estimate of drug-likeness (QED) is 0.626. The number of carbonyl (C=O) groups excluding carboxylic acids is 2. The highest BCUT2D eigenvalue weighted by Gasteiger charge is 2.24. The molecule has 1 aliphatic rings. The maximum Gasteiger partial charge on any atom is 0.291 e. The van der Waals surface area contributed by atoms with Gasteiger partial charge < -0.3 is 20.4 Å². The Morgan fingerprint density at radius 2 is 1.86 bits per heavy atom. The van der Waals surface area contributed by atoms with E-state index in [2.05, 4.69) is 22.0 Å². The van der Waals surface area contributed by atoms with E-state index in [0.717, 1.165) is 0 Å². The van der Waals surface area contributed by atoms with Crippen molar-refractivity contribution in [2.75, 3.05) is 10.6 Å². The molecule has 0 saturated heterocycles. The van der Waals surface area contributed by atoms with Gasteiger partial charge >= 0.3 is 0 Å². The summed E-state index contributed by atoms with van der Waals surface area (Å²) < 4.78 is 5.08. The second-order valence-corrected chi connectivity index (χ2v) is 6.93. The number of carbonyl (C=O) groups is 2. The number of benzene rings is 2. The molecule has 1 unspecified atom stereocenters. The van der Waals surface area contributed by atoms with Crippen LogP contribution < -0.4 is 16.0 Å². The molecule has 142 valence electrons. The lowest BCUT2D eigenvalue weighted by Gasteiger charge is -2.25. The Morgan fingerprint density at radius 1 is 1.04 bits per heavy atom. The molecule has 28 heavy (non-hydrogen) atoms. The zero-order valence-electron chi connectivity index (χ0n) is 14.9. The molecule has 2 heterocycles. The summed E-state index contributed by atoms with van der Waals surface area (Å²) in [6.07, 6.45) is 2.04. The van der Waals surface area contributed by atoms with Crippen LogP contribution in [0.4, 0.5) is 11.4 Å². The molecule has 1 aliphatic heterocycles. The number of fused-ring (bicyclic) bond motifs is 1. The van der Waals surface area contributed by atoms with Crippen molar-refractivity contribution in [1.82, 2.24) is 5.32 Å². The van der Waals surface area contributed by atoms with Crippen LogP contribution in [-0.4, -0.2) is 17.9 Å². The van der Waals surface area contributed by atoms with E-state index in [4.69, 9.17) is 16.0 Å². The lowest BCUT2D eigenvalue weighted by Crippen LogP contribution is -2.44. The fourth-order valence-electron chi connectivity index (χ4n) is 3.16. The minimum Gasteiger partial charge on any atom is -0.459 e. The largest absolute Gasteiger partial charge is 0.459 e. The minimum absolute atomic E-state index is 0.139. The maximum absolute atomic E-state index is 12.7. The Kier molecular flexibility index (Phi) is 5.14. The van der Waals surface area contributed by atoms with E-state index in [1.54, 1.807) is 30.3 Å². The molecular weight excluding hydrogens is 378 g/mol. The third-order valence-corrected chi connectivity index (χ3v) is 4.95. The second kappa shape index (κ2) is 7.88. The fraction of sp³-hybridized carbons (Fsp3) is 0.143. The van der Waals surface area contributed by atoms with Crippen LogP contribution in [0, 0.1) is 0 Å². The summed E-state index contributed by atoms with van der Waals surface area (Å²) in [5, 5.41) is 9.19. The van der Waals surface area contributed by atoms with Crippen molar-refractivity contribution in [3.8, 4) is 0 Å². The number of anilines is 2. The van der Waals surface area contributed by atoms with E-state index in [0.29, 0.717) is 29.4 Å². The van der Waals surface area contributed by atoms with Gasteiger partial charge in [0.2, 0.25) is 5.91 Å². The van der Waals surface area contributed by atoms with Gasteiger partial charge in [0.15, 0.2) is 5.76 Å². The summed E-state index contributed by atoms with van der Waals surface area (Å²) in [6, 6.07) is 15.9. The maximum atomic E-state index is 12.7. The monoisotopic (exact) mass is 395 g/mol. The number of hydrogen-bond donors (Lipinski definition) is 3. The standard InChI is InChI=1S/C21H18ClN3O3/c22-16-8-7-15(11-17(16)25-21(27)19-6-3-9-28-19)24-20(26)18-10-13-4-1-2-5-14(13)12-23-18/h1-9,11,18,23H,10,12H2,(H,24,26)(H,25,27). The van der Waals surface area contributed by atoms with E-state index >= 15 is 0 Å². The summed E-state index contributed by atoms with van der Waals surface area (Å²) >= 11 is 6.17. The highest BCUT2D eigenvalue weighted by Crippen LogP contribution is 2.26. The van der Waals surface area contributed by atoms with Gasteiger partial charge in [0.05, 0.1) is 23.0 Å². The molecule has 0 bridgehead atoms. The number of hydrogen-bond acceptors (Lipinski definition) is 4.